The number of benzene rings is 1. The topological polar surface area (TPSA) is 97.0 Å². The van der Waals surface area contributed by atoms with Crippen molar-refractivity contribution in [3.63, 3.8) is 0 Å². The van der Waals surface area contributed by atoms with E-state index in [1.165, 1.54) is 4.90 Å². The van der Waals surface area contributed by atoms with Crippen LogP contribution in [0.2, 0.25) is 0 Å². The number of amides is 1. The maximum atomic E-state index is 13.9. The second kappa shape index (κ2) is 6.97. The zero-order valence-corrected chi connectivity index (χ0v) is 15.3. The average Bonchev–Trinajstić information content (AvgIpc) is 3.42. The van der Waals surface area contributed by atoms with Crippen molar-refractivity contribution in [3.05, 3.63) is 46.0 Å². The number of carbonyl (C=O) groups excluding carboxylic acids is 1. The van der Waals surface area contributed by atoms with E-state index in [1.807, 2.05) is 0 Å². The van der Waals surface area contributed by atoms with Gasteiger partial charge in [0.05, 0.1) is 12.1 Å². The molecule has 1 amide bonds. The van der Waals surface area contributed by atoms with Gasteiger partial charge in [0.2, 0.25) is 0 Å². The minimum absolute atomic E-state index is 0.0282. The van der Waals surface area contributed by atoms with Crippen LogP contribution in [0.1, 0.15) is 39.9 Å². The number of nitrogens with zero attached hydrogens (tertiary/aromatic N) is 4. The minimum atomic E-state index is -1.70. The van der Waals surface area contributed by atoms with Gasteiger partial charge < -0.3 is 9.80 Å². The normalized spacial score (nSPS) is 17.2. The fourth-order valence-corrected chi connectivity index (χ4v) is 3.64. The highest BCUT2D eigenvalue weighted by Gasteiger charge is 2.33. The van der Waals surface area contributed by atoms with Gasteiger partial charge in [-0.05, 0) is 36.5 Å². The molecule has 2 N–H and O–H groups in total. The van der Waals surface area contributed by atoms with Gasteiger partial charge in [0, 0.05) is 19.0 Å². The van der Waals surface area contributed by atoms with Gasteiger partial charge in [-0.1, -0.05) is 0 Å². The molecule has 1 aliphatic carbocycles. The van der Waals surface area contributed by atoms with E-state index >= 15 is 0 Å². The average molecular weight is 408 g/mol. The molecule has 4 rings (SSSR count). The molecule has 1 aromatic carbocycles. The van der Waals surface area contributed by atoms with Crippen LogP contribution in [0.15, 0.2) is 12.1 Å². The predicted molar refractivity (Wildman–Crippen MR) is 95.4 cm³/mol. The van der Waals surface area contributed by atoms with Crippen LogP contribution in [0.3, 0.4) is 0 Å². The molecule has 1 aliphatic heterocycles. The third kappa shape index (κ3) is 3.26. The van der Waals surface area contributed by atoms with Gasteiger partial charge in [0.1, 0.15) is 11.7 Å². The minimum Gasteiger partial charge on any atom is -0.329 e. The van der Waals surface area contributed by atoms with E-state index in [9.17, 15) is 18.0 Å². The highest BCUT2D eigenvalue weighted by atomic mass is 32.1. The molecule has 0 bridgehead atoms. The summed E-state index contributed by atoms with van der Waals surface area (Å²) in [6.07, 6.45) is 2.08. The van der Waals surface area contributed by atoms with Gasteiger partial charge in [-0.25, -0.2) is 18.2 Å². The third-order valence-corrected chi connectivity index (χ3v) is 5.41. The lowest BCUT2D eigenvalue weighted by molar-refractivity contribution is 0.0751. The largest absolute Gasteiger partial charge is 0.329 e. The van der Waals surface area contributed by atoms with Crippen molar-refractivity contribution in [2.75, 3.05) is 19.6 Å². The van der Waals surface area contributed by atoms with E-state index < -0.39 is 28.9 Å². The summed E-state index contributed by atoms with van der Waals surface area (Å²) in [6, 6.07) is 1.57. The van der Waals surface area contributed by atoms with Gasteiger partial charge in [0.15, 0.2) is 28.3 Å². The fourth-order valence-electron chi connectivity index (χ4n) is 2.94. The Labute approximate surface area is 162 Å². The third-order valence-electron chi connectivity index (χ3n) is 4.67. The van der Waals surface area contributed by atoms with E-state index in [4.69, 9.17) is 10.8 Å². The summed E-state index contributed by atoms with van der Waals surface area (Å²) in [6.45, 7) is 0.0390. The molecule has 0 atom stereocenters. The number of rotatable bonds is 3. The van der Waals surface area contributed by atoms with Gasteiger partial charge in [-0.2, -0.15) is 4.37 Å². The summed E-state index contributed by atoms with van der Waals surface area (Å²) < 4.78 is 44.6. The Kier molecular flexibility index (Phi) is 4.61. The van der Waals surface area contributed by atoms with E-state index in [0.717, 1.165) is 41.2 Å². The lowest BCUT2D eigenvalue weighted by Gasteiger charge is -2.35. The molecule has 0 unspecified atom stereocenters. The number of carbonyl (C=O) groups is 1. The first-order chi connectivity index (χ1) is 13.4. The Bertz CT molecular complexity index is 989. The number of piperazine rings is 1. The predicted octanol–water partition coefficient (Wildman–Crippen LogP) is 2.59. The molecular weight excluding hydrogens is 393 g/mol. The van der Waals surface area contributed by atoms with Crippen molar-refractivity contribution in [2.45, 2.75) is 18.8 Å². The van der Waals surface area contributed by atoms with Crippen LogP contribution in [0, 0.1) is 28.3 Å². The fraction of sp³-hybridized carbons (Fsp3) is 0.353. The summed E-state index contributed by atoms with van der Waals surface area (Å²) in [7, 11) is 0. The second-order valence-electron chi connectivity index (χ2n) is 6.63. The lowest BCUT2D eigenvalue weighted by Crippen LogP contribution is -2.54. The molecular formula is C17H15F3N6OS. The van der Waals surface area contributed by atoms with Gasteiger partial charge in [-0.3, -0.25) is 15.6 Å². The Morgan fingerprint density at radius 3 is 2.61 bits per heavy atom. The monoisotopic (exact) mass is 408 g/mol. The van der Waals surface area contributed by atoms with Crippen LogP contribution in [0.25, 0.3) is 0 Å². The van der Waals surface area contributed by atoms with Gasteiger partial charge in [-0.15, -0.1) is 0 Å². The smallest absolute Gasteiger partial charge is 0.257 e. The molecule has 0 spiro atoms. The van der Waals surface area contributed by atoms with Crippen molar-refractivity contribution in [1.82, 2.24) is 19.2 Å². The summed E-state index contributed by atoms with van der Waals surface area (Å²) in [5.74, 6) is -4.40. The summed E-state index contributed by atoms with van der Waals surface area (Å²) >= 11 is 1.10. The molecule has 1 saturated heterocycles. The quantitative estimate of drug-likeness (QED) is 0.464. The summed E-state index contributed by atoms with van der Waals surface area (Å²) in [5.41, 5.74) is -0.589. The molecule has 2 aliphatic rings. The molecule has 7 nitrogen and oxygen atoms in total. The zero-order chi connectivity index (χ0) is 20.0. The second-order valence-corrected chi connectivity index (χ2v) is 7.38. The van der Waals surface area contributed by atoms with Crippen LogP contribution in [-0.4, -0.2) is 56.4 Å². The zero-order valence-electron chi connectivity index (χ0n) is 14.5. The first-order valence-corrected chi connectivity index (χ1v) is 9.34. The first-order valence-electron chi connectivity index (χ1n) is 8.57. The van der Waals surface area contributed by atoms with E-state index in [1.54, 1.807) is 0 Å². The Morgan fingerprint density at radius 2 is 1.93 bits per heavy atom. The maximum absolute atomic E-state index is 13.9. The molecule has 1 saturated carbocycles. The summed E-state index contributed by atoms with van der Waals surface area (Å²) in [5, 5.41) is 16.9. The Balaban J connectivity index is 1.46. The highest BCUT2D eigenvalue weighted by Crippen LogP contribution is 2.38. The van der Waals surface area contributed by atoms with E-state index in [0.29, 0.717) is 17.0 Å². The molecule has 11 heteroatoms. The van der Waals surface area contributed by atoms with Crippen LogP contribution in [0.5, 0.6) is 0 Å². The molecule has 2 heterocycles. The van der Waals surface area contributed by atoms with Crippen LogP contribution < -0.4 is 0 Å². The van der Waals surface area contributed by atoms with Crippen molar-refractivity contribution < 1.29 is 18.0 Å². The van der Waals surface area contributed by atoms with Crippen molar-refractivity contribution in [2.24, 2.45) is 0 Å². The number of aromatic nitrogens is 2. The SMILES string of the molecule is N=C1CN(C(=O)c2ccc(F)c(F)c2F)CCN1C(=N)c1nc(C2CC2)ns1. The van der Waals surface area contributed by atoms with Crippen LogP contribution >= 0.6 is 11.5 Å². The Hall–Kier alpha value is -2.82. The van der Waals surface area contributed by atoms with E-state index in [-0.39, 0.29) is 31.3 Å². The highest BCUT2D eigenvalue weighted by molar-refractivity contribution is 7.07. The number of hydrogen-bond acceptors (Lipinski definition) is 6. The lowest BCUT2D eigenvalue weighted by atomic mass is 10.1. The molecule has 146 valence electrons. The van der Waals surface area contributed by atoms with Crippen LogP contribution in [-0.2, 0) is 0 Å². The molecule has 0 radical (unpaired) electrons. The van der Waals surface area contributed by atoms with Crippen LogP contribution in [0.4, 0.5) is 13.2 Å². The van der Waals surface area contributed by atoms with Crippen molar-refractivity contribution >= 4 is 29.1 Å². The van der Waals surface area contributed by atoms with Gasteiger partial charge >= 0.3 is 0 Å². The number of halogens is 3. The molecule has 2 fully saturated rings. The van der Waals surface area contributed by atoms with Crippen molar-refractivity contribution in [3.8, 4) is 0 Å². The van der Waals surface area contributed by atoms with Crippen molar-refractivity contribution in [1.29, 1.82) is 10.8 Å². The van der Waals surface area contributed by atoms with Gasteiger partial charge in [0.25, 0.3) is 5.91 Å². The Morgan fingerprint density at radius 1 is 1.18 bits per heavy atom. The molecule has 28 heavy (non-hydrogen) atoms. The number of nitrogens with one attached hydrogen (secondary N) is 2. The number of amidine groups is 2. The number of hydrogen-bond donors (Lipinski definition) is 2. The van der Waals surface area contributed by atoms with E-state index in [2.05, 4.69) is 9.36 Å². The first kappa shape index (κ1) is 18.5. The standard InChI is InChI=1S/C17H15F3N6OS/c18-10-4-3-9(12(19)13(10)20)17(27)25-5-6-26(11(21)7-25)14(22)16-23-15(24-28-16)8-1-2-8/h3-4,8,21-22H,1-2,5-7H2. The maximum Gasteiger partial charge on any atom is 0.257 e. The molecule has 2 aromatic rings. The molecule has 1 aromatic heterocycles. The summed E-state index contributed by atoms with van der Waals surface area (Å²) in [4.78, 5) is 19.4.